The molecule has 0 spiro atoms. The van der Waals surface area contributed by atoms with Crippen LogP contribution >= 0.6 is 0 Å². The number of nitrogens with one attached hydrogen (secondary N) is 1. The third-order valence-electron chi connectivity index (χ3n) is 3.65. The van der Waals surface area contributed by atoms with Crippen LogP contribution in [0.3, 0.4) is 0 Å². The van der Waals surface area contributed by atoms with E-state index in [1.54, 1.807) is 18.2 Å². The fraction of sp³-hybridized carbons (Fsp3) is 0.471. The summed E-state index contributed by atoms with van der Waals surface area (Å²) in [5.41, 5.74) is 0.500. The molecule has 0 aliphatic heterocycles. The summed E-state index contributed by atoms with van der Waals surface area (Å²) in [7, 11) is 0. The van der Waals surface area contributed by atoms with Crippen LogP contribution in [-0.2, 0) is 11.3 Å². The molecule has 23 heavy (non-hydrogen) atoms. The highest BCUT2D eigenvalue weighted by molar-refractivity contribution is 5.77. The average Bonchev–Trinajstić information content (AvgIpc) is 2.53. The Morgan fingerprint density at radius 2 is 2.09 bits per heavy atom. The first-order valence-electron chi connectivity index (χ1n) is 7.85. The predicted molar refractivity (Wildman–Crippen MR) is 89.1 cm³/mol. The van der Waals surface area contributed by atoms with Crippen LogP contribution in [0.2, 0.25) is 0 Å². The van der Waals surface area contributed by atoms with Crippen LogP contribution in [0.25, 0.3) is 10.9 Å². The van der Waals surface area contributed by atoms with Crippen molar-refractivity contribution in [2.24, 2.45) is 5.92 Å². The maximum atomic E-state index is 12.3. The van der Waals surface area contributed by atoms with E-state index in [0.29, 0.717) is 16.8 Å². The number of rotatable bonds is 7. The van der Waals surface area contributed by atoms with Crippen molar-refractivity contribution in [3.05, 3.63) is 40.9 Å². The number of amides is 1. The Kier molecular flexibility index (Phi) is 5.87. The molecule has 2 aromatic rings. The number of aryl methyl sites for hydroxylation is 1. The molecule has 1 aromatic carbocycles. The van der Waals surface area contributed by atoms with E-state index in [4.69, 9.17) is 0 Å². The van der Waals surface area contributed by atoms with E-state index in [1.165, 1.54) is 10.9 Å². The van der Waals surface area contributed by atoms with Gasteiger partial charge in [0, 0.05) is 13.0 Å². The smallest absolute Gasteiger partial charge is 0.261 e. The molecule has 0 aliphatic rings. The highest BCUT2D eigenvalue weighted by atomic mass is 16.3. The van der Waals surface area contributed by atoms with Gasteiger partial charge in [-0.05, 0) is 24.5 Å². The second-order valence-electron chi connectivity index (χ2n) is 6.09. The van der Waals surface area contributed by atoms with Gasteiger partial charge >= 0.3 is 0 Å². The van der Waals surface area contributed by atoms with E-state index in [1.807, 2.05) is 19.9 Å². The van der Waals surface area contributed by atoms with Crippen molar-refractivity contribution in [3.8, 4) is 0 Å². The number of hydrogen-bond acceptors (Lipinski definition) is 4. The van der Waals surface area contributed by atoms with Crippen LogP contribution in [0, 0.1) is 5.92 Å². The molecule has 0 radical (unpaired) electrons. The van der Waals surface area contributed by atoms with Crippen molar-refractivity contribution in [1.82, 2.24) is 14.9 Å². The van der Waals surface area contributed by atoms with Crippen molar-refractivity contribution in [2.75, 3.05) is 6.61 Å². The van der Waals surface area contributed by atoms with Gasteiger partial charge in [0.1, 0.15) is 0 Å². The first kappa shape index (κ1) is 17.1. The largest absolute Gasteiger partial charge is 0.394 e. The molecule has 2 rings (SSSR count). The summed E-state index contributed by atoms with van der Waals surface area (Å²) in [5, 5.41) is 12.6. The van der Waals surface area contributed by atoms with Gasteiger partial charge in [-0.15, -0.1) is 0 Å². The zero-order valence-electron chi connectivity index (χ0n) is 13.5. The number of nitrogens with zero attached hydrogens (tertiary/aromatic N) is 2. The highest BCUT2D eigenvalue weighted by Crippen LogP contribution is 2.06. The fourth-order valence-corrected chi connectivity index (χ4v) is 2.54. The van der Waals surface area contributed by atoms with Crippen LogP contribution in [0.1, 0.15) is 26.7 Å². The number of aliphatic hydroxyl groups excluding tert-OH is 1. The maximum absolute atomic E-state index is 12.3. The molecule has 0 saturated carbocycles. The average molecular weight is 317 g/mol. The van der Waals surface area contributed by atoms with Crippen LogP contribution in [0.5, 0.6) is 0 Å². The summed E-state index contributed by atoms with van der Waals surface area (Å²) in [6, 6.07) is 6.89. The van der Waals surface area contributed by atoms with E-state index >= 15 is 0 Å². The lowest BCUT2D eigenvalue weighted by Crippen LogP contribution is -2.39. The zero-order chi connectivity index (χ0) is 16.8. The third kappa shape index (κ3) is 4.63. The molecular formula is C17H23N3O3. The molecule has 1 unspecified atom stereocenters. The number of aromatic nitrogens is 2. The summed E-state index contributed by atoms with van der Waals surface area (Å²) in [4.78, 5) is 28.5. The van der Waals surface area contributed by atoms with Crippen LogP contribution in [0.4, 0.5) is 0 Å². The van der Waals surface area contributed by atoms with Gasteiger partial charge in [-0.3, -0.25) is 14.2 Å². The van der Waals surface area contributed by atoms with Gasteiger partial charge in [0.2, 0.25) is 5.91 Å². The first-order chi connectivity index (χ1) is 11.0. The number of fused-ring (bicyclic) bond motifs is 1. The summed E-state index contributed by atoms with van der Waals surface area (Å²) < 4.78 is 1.44. The topological polar surface area (TPSA) is 84.2 Å². The van der Waals surface area contributed by atoms with Crippen molar-refractivity contribution in [2.45, 2.75) is 39.3 Å². The van der Waals surface area contributed by atoms with Crippen LogP contribution in [-0.4, -0.2) is 33.2 Å². The number of carbonyl (C=O) groups excluding carboxylic acids is 1. The molecule has 1 heterocycles. The molecule has 1 amide bonds. The molecule has 1 aromatic heterocycles. The van der Waals surface area contributed by atoms with Gasteiger partial charge in [0.05, 0.1) is 29.9 Å². The minimum atomic E-state index is -0.242. The first-order valence-corrected chi connectivity index (χ1v) is 7.85. The molecule has 0 aliphatic carbocycles. The van der Waals surface area contributed by atoms with Crippen LogP contribution in [0.15, 0.2) is 35.4 Å². The Morgan fingerprint density at radius 1 is 1.35 bits per heavy atom. The van der Waals surface area contributed by atoms with Crippen LogP contribution < -0.4 is 10.9 Å². The number of carbonyl (C=O) groups is 1. The monoisotopic (exact) mass is 317 g/mol. The van der Waals surface area contributed by atoms with Crippen molar-refractivity contribution in [1.29, 1.82) is 0 Å². The normalized spacial score (nSPS) is 12.5. The van der Waals surface area contributed by atoms with Crippen molar-refractivity contribution >= 4 is 16.8 Å². The Bertz CT molecular complexity index is 724. The Balaban J connectivity index is 1.99. The van der Waals surface area contributed by atoms with E-state index in [9.17, 15) is 14.7 Å². The molecule has 6 heteroatoms. The lowest BCUT2D eigenvalue weighted by molar-refractivity contribution is -0.122. The van der Waals surface area contributed by atoms with E-state index in [2.05, 4.69) is 10.3 Å². The van der Waals surface area contributed by atoms with Gasteiger partial charge in [-0.1, -0.05) is 26.0 Å². The van der Waals surface area contributed by atoms with E-state index in [-0.39, 0.29) is 37.1 Å². The molecule has 124 valence electrons. The minimum absolute atomic E-state index is 0.0819. The SMILES string of the molecule is CC(C)CC(CO)NC(=O)CCn1cnc2ccccc2c1=O. The van der Waals surface area contributed by atoms with E-state index in [0.717, 1.165) is 6.42 Å². The summed E-state index contributed by atoms with van der Waals surface area (Å²) in [5.74, 6) is 0.213. The summed E-state index contributed by atoms with van der Waals surface area (Å²) >= 11 is 0. The Morgan fingerprint density at radius 3 is 2.78 bits per heavy atom. The van der Waals surface area contributed by atoms with Gasteiger partial charge < -0.3 is 10.4 Å². The predicted octanol–water partition coefficient (Wildman–Crippen LogP) is 1.31. The summed E-state index contributed by atoms with van der Waals surface area (Å²) in [6.45, 7) is 4.26. The highest BCUT2D eigenvalue weighted by Gasteiger charge is 2.13. The Hall–Kier alpha value is -2.21. The number of benzene rings is 1. The Labute approximate surface area is 135 Å². The minimum Gasteiger partial charge on any atom is -0.394 e. The second-order valence-corrected chi connectivity index (χ2v) is 6.09. The molecule has 0 bridgehead atoms. The number of hydrogen-bond donors (Lipinski definition) is 2. The molecule has 0 saturated heterocycles. The molecular weight excluding hydrogens is 294 g/mol. The number of para-hydroxylation sites is 1. The quantitative estimate of drug-likeness (QED) is 0.806. The molecule has 2 N–H and O–H groups in total. The molecule has 6 nitrogen and oxygen atoms in total. The van der Waals surface area contributed by atoms with Crippen molar-refractivity contribution in [3.63, 3.8) is 0 Å². The maximum Gasteiger partial charge on any atom is 0.261 e. The molecule has 0 fully saturated rings. The lowest BCUT2D eigenvalue weighted by Gasteiger charge is -2.18. The zero-order valence-corrected chi connectivity index (χ0v) is 13.5. The number of aliphatic hydroxyl groups is 1. The standard InChI is InChI=1S/C17H23N3O3/c1-12(2)9-13(10-21)19-16(22)7-8-20-11-18-15-6-4-3-5-14(15)17(20)23/h3-6,11-13,21H,7-10H2,1-2H3,(H,19,22). The summed E-state index contributed by atoms with van der Waals surface area (Å²) in [6.07, 6.45) is 2.36. The van der Waals surface area contributed by atoms with E-state index < -0.39 is 0 Å². The third-order valence-corrected chi connectivity index (χ3v) is 3.65. The fourth-order valence-electron chi connectivity index (χ4n) is 2.54. The van der Waals surface area contributed by atoms with Gasteiger partial charge in [-0.25, -0.2) is 4.98 Å². The lowest BCUT2D eigenvalue weighted by atomic mass is 10.0. The second kappa shape index (κ2) is 7.87. The van der Waals surface area contributed by atoms with Gasteiger partial charge in [0.25, 0.3) is 5.56 Å². The molecule has 1 atom stereocenters. The van der Waals surface area contributed by atoms with Gasteiger partial charge in [0.15, 0.2) is 0 Å². The van der Waals surface area contributed by atoms with Gasteiger partial charge in [-0.2, -0.15) is 0 Å². The van der Waals surface area contributed by atoms with Crippen molar-refractivity contribution < 1.29 is 9.90 Å².